The van der Waals surface area contributed by atoms with Gasteiger partial charge in [-0.05, 0) is 31.5 Å². The summed E-state index contributed by atoms with van der Waals surface area (Å²) < 4.78 is 0. The summed E-state index contributed by atoms with van der Waals surface area (Å²) >= 11 is 0. The molecule has 1 amide bonds. The number of aryl methyl sites for hydroxylation is 1. The maximum absolute atomic E-state index is 11.7. The van der Waals surface area contributed by atoms with Crippen LogP contribution in [0.3, 0.4) is 0 Å². The van der Waals surface area contributed by atoms with Crippen molar-refractivity contribution in [1.29, 1.82) is 0 Å². The number of aromatic nitrogens is 2. The number of aromatic amines is 1. The van der Waals surface area contributed by atoms with E-state index in [4.69, 9.17) is 0 Å². The molecule has 2 aromatic carbocycles. The largest absolute Gasteiger partial charge is 0.338 e. The van der Waals surface area contributed by atoms with Crippen LogP contribution >= 0.6 is 12.4 Å². The number of carbonyl (C=O) groups excluding carboxylic acids is 1. The first-order valence-electron chi connectivity index (χ1n) is 7.94. The van der Waals surface area contributed by atoms with Crippen LogP contribution in [-0.2, 0) is 10.2 Å². The highest BCUT2D eigenvalue weighted by molar-refractivity contribution is 5.90. The molecular formula is C19H19ClN4O. The third-order valence-corrected chi connectivity index (χ3v) is 4.53. The number of rotatable bonds is 2. The van der Waals surface area contributed by atoms with Gasteiger partial charge in [0.2, 0.25) is 5.91 Å². The van der Waals surface area contributed by atoms with Gasteiger partial charge in [0, 0.05) is 23.6 Å². The maximum Gasteiger partial charge on any atom is 0.241 e. The van der Waals surface area contributed by atoms with Crippen LogP contribution in [-0.4, -0.2) is 22.1 Å². The molecule has 0 saturated carbocycles. The zero-order valence-electron chi connectivity index (χ0n) is 14.0. The second-order valence-electron chi connectivity index (χ2n) is 6.57. The van der Waals surface area contributed by atoms with E-state index < -0.39 is 5.41 Å². The summed E-state index contributed by atoms with van der Waals surface area (Å²) in [6.45, 7) is 4.09. The number of fused-ring (bicyclic) bond motifs is 1. The molecule has 0 saturated heterocycles. The summed E-state index contributed by atoms with van der Waals surface area (Å²) in [4.78, 5) is 19.7. The minimum Gasteiger partial charge on any atom is -0.338 e. The van der Waals surface area contributed by atoms with E-state index >= 15 is 0 Å². The molecule has 0 spiro atoms. The van der Waals surface area contributed by atoms with Gasteiger partial charge in [0.15, 0.2) is 0 Å². The fraction of sp³-hybridized carbons (Fsp3) is 0.211. The Bertz CT molecular complexity index is 961. The average molecular weight is 355 g/mol. The maximum atomic E-state index is 11.7. The van der Waals surface area contributed by atoms with Gasteiger partial charge in [0.1, 0.15) is 5.82 Å². The Balaban J connectivity index is 0.00000182. The van der Waals surface area contributed by atoms with Crippen molar-refractivity contribution in [2.75, 3.05) is 0 Å². The molecule has 3 aromatic rings. The molecule has 1 aliphatic rings. The first kappa shape index (κ1) is 17.2. The van der Waals surface area contributed by atoms with E-state index in [0.29, 0.717) is 6.42 Å². The van der Waals surface area contributed by atoms with Gasteiger partial charge in [-0.25, -0.2) is 10.4 Å². The summed E-state index contributed by atoms with van der Waals surface area (Å²) in [7, 11) is 0. The third kappa shape index (κ3) is 3.15. The van der Waals surface area contributed by atoms with Gasteiger partial charge in [-0.3, -0.25) is 4.79 Å². The van der Waals surface area contributed by atoms with Gasteiger partial charge in [-0.2, -0.15) is 5.10 Å². The summed E-state index contributed by atoms with van der Waals surface area (Å²) in [6.07, 6.45) is 2.19. The second-order valence-corrected chi connectivity index (χ2v) is 6.57. The number of H-pyrrole nitrogens is 1. The molecule has 5 nitrogen and oxygen atoms in total. The van der Waals surface area contributed by atoms with E-state index in [1.807, 2.05) is 19.1 Å². The number of hydrazone groups is 1. The minimum absolute atomic E-state index is 0. The summed E-state index contributed by atoms with van der Waals surface area (Å²) in [5.41, 5.74) is 7.29. The standard InChI is InChI=1S/C19H18N4O.ClH/c1-12-3-5-13(6-4-12)18-21-15-8-7-14(9-16(15)22-18)19(2)10-17(24)23-20-11-19;/h3-9,11H,10H2,1-2H3,(H,21,22)(H,23,24);1H. The Morgan fingerprint density at radius 3 is 2.60 bits per heavy atom. The van der Waals surface area contributed by atoms with Crippen LogP contribution in [0.25, 0.3) is 22.4 Å². The van der Waals surface area contributed by atoms with E-state index in [1.165, 1.54) is 5.56 Å². The molecule has 0 radical (unpaired) electrons. The first-order valence-corrected chi connectivity index (χ1v) is 7.94. The topological polar surface area (TPSA) is 70.1 Å². The molecule has 1 unspecified atom stereocenters. The molecular weight excluding hydrogens is 336 g/mol. The van der Waals surface area contributed by atoms with Crippen LogP contribution in [0.4, 0.5) is 0 Å². The number of halogens is 1. The van der Waals surface area contributed by atoms with Crippen molar-refractivity contribution in [2.45, 2.75) is 25.7 Å². The van der Waals surface area contributed by atoms with E-state index in [2.05, 4.69) is 57.8 Å². The number of amides is 1. The molecule has 128 valence electrons. The van der Waals surface area contributed by atoms with Crippen LogP contribution in [0.2, 0.25) is 0 Å². The fourth-order valence-corrected chi connectivity index (χ4v) is 3.06. The quantitative estimate of drug-likeness (QED) is 0.736. The van der Waals surface area contributed by atoms with E-state index in [-0.39, 0.29) is 18.3 Å². The Labute approximate surface area is 152 Å². The fourth-order valence-electron chi connectivity index (χ4n) is 3.06. The molecule has 2 heterocycles. The molecule has 1 aliphatic heterocycles. The number of carbonyl (C=O) groups is 1. The lowest BCUT2D eigenvalue weighted by atomic mass is 9.79. The monoisotopic (exact) mass is 354 g/mol. The number of hydrogen-bond acceptors (Lipinski definition) is 3. The highest BCUT2D eigenvalue weighted by Gasteiger charge is 2.31. The summed E-state index contributed by atoms with van der Waals surface area (Å²) in [5, 5.41) is 3.98. The van der Waals surface area contributed by atoms with Crippen molar-refractivity contribution < 1.29 is 4.79 Å². The predicted octanol–water partition coefficient (Wildman–Crippen LogP) is 3.72. The highest BCUT2D eigenvalue weighted by Crippen LogP contribution is 2.30. The lowest BCUT2D eigenvalue weighted by Gasteiger charge is -2.27. The SMILES string of the molecule is Cc1ccc(-c2nc3ccc(C4(C)C=NNC(=O)C4)cc3[nH]2)cc1.Cl. The van der Waals surface area contributed by atoms with Crippen LogP contribution in [0.15, 0.2) is 47.6 Å². The average Bonchev–Trinajstić information content (AvgIpc) is 2.98. The number of hydrogen-bond donors (Lipinski definition) is 2. The van der Waals surface area contributed by atoms with Crippen molar-refractivity contribution in [3.8, 4) is 11.4 Å². The van der Waals surface area contributed by atoms with Crippen LogP contribution in [0.5, 0.6) is 0 Å². The van der Waals surface area contributed by atoms with E-state index in [9.17, 15) is 4.79 Å². The normalized spacial score (nSPS) is 19.5. The zero-order valence-corrected chi connectivity index (χ0v) is 14.9. The van der Waals surface area contributed by atoms with Crippen LogP contribution < -0.4 is 5.43 Å². The lowest BCUT2D eigenvalue weighted by molar-refractivity contribution is -0.122. The Hall–Kier alpha value is -2.66. The predicted molar refractivity (Wildman–Crippen MR) is 102 cm³/mol. The van der Waals surface area contributed by atoms with Crippen molar-refractivity contribution in [3.63, 3.8) is 0 Å². The van der Waals surface area contributed by atoms with Gasteiger partial charge in [-0.1, -0.05) is 35.9 Å². The van der Waals surface area contributed by atoms with Crippen molar-refractivity contribution >= 4 is 35.6 Å². The van der Waals surface area contributed by atoms with Gasteiger partial charge in [-0.15, -0.1) is 12.4 Å². The Morgan fingerprint density at radius 1 is 1.12 bits per heavy atom. The highest BCUT2D eigenvalue weighted by atomic mass is 35.5. The molecule has 0 aliphatic carbocycles. The molecule has 6 heteroatoms. The van der Waals surface area contributed by atoms with Gasteiger partial charge < -0.3 is 4.98 Å². The second kappa shape index (κ2) is 6.33. The number of benzene rings is 2. The third-order valence-electron chi connectivity index (χ3n) is 4.53. The molecule has 1 atom stereocenters. The molecule has 4 rings (SSSR count). The van der Waals surface area contributed by atoms with Crippen LogP contribution in [0.1, 0.15) is 24.5 Å². The van der Waals surface area contributed by atoms with Crippen LogP contribution in [0, 0.1) is 6.92 Å². The van der Waals surface area contributed by atoms with E-state index in [1.54, 1.807) is 6.21 Å². The smallest absolute Gasteiger partial charge is 0.241 e. The molecule has 0 bridgehead atoms. The number of nitrogens with one attached hydrogen (secondary N) is 2. The molecule has 2 N–H and O–H groups in total. The van der Waals surface area contributed by atoms with Gasteiger partial charge in [0.25, 0.3) is 0 Å². The van der Waals surface area contributed by atoms with Crippen molar-refractivity contribution in [1.82, 2.24) is 15.4 Å². The number of imidazole rings is 1. The molecule has 0 fully saturated rings. The summed E-state index contributed by atoms with van der Waals surface area (Å²) in [5.74, 6) is 0.785. The first-order chi connectivity index (χ1) is 11.5. The minimum atomic E-state index is -0.397. The summed E-state index contributed by atoms with van der Waals surface area (Å²) in [6, 6.07) is 14.3. The van der Waals surface area contributed by atoms with Gasteiger partial charge >= 0.3 is 0 Å². The van der Waals surface area contributed by atoms with Crippen molar-refractivity contribution in [3.05, 3.63) is 53.6 Å². The number of nitrogens with zero attached hydrogens (tertiary/aromatic N) is 2. The molecule has 1 aromatic heterocycles. The molecule has 25 heavy (non-hydrogen) atoms. The van der Waals surface area contributed by atoms with Crippen molar-refractivity contribution in [2.24, 2.45) is 5.10 Å². The lowest BCUT2D eigenvalue weighted by Crippen LogP contribution is -2.37. The zero-order chi connectivity index (χ0) is 16.7. The van der Waals surface area contributed by atoms with E-state index in [0.717, 1.165) is 28.0 Å². The Kier molecular flexibility index (Phi) is 4.35. The van der Waals surface area contributed by atoms with Gasteiger partial charge in [0.05, 0.1) is 11.0 Å². The Morgan fingerprint density at radius 2 is 1.88 bits per heavy atom.